The molecule has 0 aromatic rings. The number of hydrogen-bond acceptors (Lipinski definition) is 3. The Labute approximate surface area is 130 Å². The van der Waals surface area contributed by atoms with E-state index in [-0.39, 0.29) is 6.09 Å². The van der Waals surface area contributed by atoms with E-state index in [9.17, 15) is 4.79 Å². The second-order valence-electron chi connectivity index (χ2n) is 7.71. The maximum absolute atomic E-state index is 11.8. The highest BCUT2D eigenvalue weighted by Gasteiger charge is 2.23. The number of carbonyl (C=O) groups is 1. The molecule has 0 aromatic carbocycles. The van der Waals surface area contributed by atoms with Crippen LogP contribution in [0.25, 0.3) is 0 Å². The smallest absolute Gasteiger partial charge is 0.410 e. The van der Waals surface area contributed by atoms with E-state index < -0.39 is 5.60 Å². The van der Waals surface area contributed by atoms with Crippen LogP contribution in [0.1, 0.15) is 60.3 Å². The highest BCUT2D eigenvalue weighted by atomic mass is 16.6. The molecule has 4 nitrogen and oxygen atoms in total. The third kappa shape index (κ3) is 7.16. The quantitative estimate of drug-likeness (QED) is 0.842. The average molecular weight is 298 g/mol. The third-order valence-corrected chi connectivity index (χ3v) is 4.30. The van der Waals surface area contributed by atoms with Gasteiger partial charge >= 0.3 is 6.09 Å². The predicted octanol–water partition coefficient (Wildman–Crippen LogP) is 3.66. The van der Waals surface area contributed by atoms with Crippen molar-refractivity contribution >= 4 is 6.09 Å². The minimum Gasteiger partial charge on any atom is -0.444 e. The standard InChI is InChI=1S/C17H34N2O2/c1-13(2)14-7-9-15(10-8-14)18-11-12-19(6)16(20)21-17(3,4)5/h13-15,18H,7-12H2,1-6H3. The SMILES string of the molecule is CC(C)C1CCC(NCCN(C)C(=O)OC(C)(C)C)CC1. The predicted molar refractivity (Wildman–Crippen MR) is 87.5 cm³/mol. The van der Waals surface area contributed by atoms with Crippen LogP contribution in [-0.2, 0) is 4.74 Å². The Hall–Kier alpha value is -0.770. The van der Waals surface area contributed by atoms with Crippen molar-refractivity contribution in [1.82, 2.24) is 10.2 Å². The van der Waals surface area contributed by atoms with Crippen molar-refractivity contribution in [3.05, 3.63) is 0 Å². The molecule has 0 heterocycles. The number of carbonyl (C=O) groups excluding carboxylic acids is 1. The zero-order chi connectivity index (χ0) is 16.0. The molecule has 1 N–H and O–H groups in total. The molecular formula is C17H34N2O2. The fraction of sp³-hybridized carbons (Fsp3) is 0.941. The summed E-state index contributed by atoms with van der Waals surface area (Å²) in [4.78, 5) is 13.5. The monoisotopic (exact) mass is 298 g/mol. The molecule has 21 heavy (non-hydrogen) atoms. The Morgan fingerprint density at radius 2 is 1.81 bits per heavy atom. The minimum absolute atomic E-state index is 0.243. The Morgan fingerprint density at radius 3 is 2.29 bits per heavy atom. The van der Waals surface area contributed by atoms with Crippen molar-refractivity contribution in [2.24, 2.45) is 11.8 Å². The maximum Gasteiger partial charge on any atom is 0.410 e. The molecule has 0 radical (unpaired) electrons. The van der Waals surface area contributed by atoms with Crippen LogP contribution in [0, 0.1) is 11.8 Å². The van der Waals surface area contributed by atoms with Gasteiger partial charge in [-0.05, 0) is 58.3 Å². The van der Waals surface area contributed by atoms with Crippen LogP contribution in [0.3, 0.4) is 0 Å². The Kier molecular flexibility index (Phi) is 6.98. The molecule has 1 rings (SSSR count). The van der Waals surface area contributed by atoms with Crippen LogP contribution >= 0.6 is 0 Å². The molecule has 124 valence electrons. The van der Waals surface area contributed by atoms with Crippen LogP contribution in [0.2, 0.25) is 0 Å². The minimum atomic E-state index is -0.423. The Morgan fingerprint density at radius 1 is 1.24 bits per heavy atom. The highest BCUT2D eigenvalue weighted by Crippen LogP contribution is 2.29. The van der Waals surface area contributed by atoms with Gasteiger partial charge < -0.3 is 15.0 Å². The molecule has 1 aliphatic rings. The lowest BCUT2D eigenvalue weighted by Crippen LogP contribution is -2.41. The molecule has 0 unspecified atom stereocenters. The summed E-state index contributed by atoms with van der Waals surface area (Å²) >= 11 is 0. The van der Waals surface area contributed by atoms with Crippen molar-refractivity contribution in [1.29, 1.82) is 0 Å². The molecular weight excluding hydrogens is 264 g/mol. The van der Waals surface area contributed by atoms with Gasteiger partial charge in [0.05, 0.1) is 0 Å². The summed E-state index contributed by atoms with van der Waals surface area (Å²) in [6.07, 6.45) is 4.94. The molecule has 0 aromatic heterocycles. The first kappa shape index (κ1) is 18.3. The van der Waals surface area contributed by atoms with Crippen LogP contribution < -0.4 is 5.32 Å². The molecule has 1 amide bonds. The Balaban J connectivity index is 2.18. The van der Waals surface area contributed by atoms with E-state index in [1.54, 1.807) is 11.9 Å². The van der Waals surface area contributed by atoms with E-state index in [1.165, 1.54) is 25.7 Å². The maximum atomic E-state index is 11.8. The first-order valence-corrected chi connectivity index (χ1v) is 8.36. The molecule has 0 spiro atoms. The molecule has 1 fully saturated rings. The van der Waals surface area contributed by atoms with E-state index in [1.807, 2.05) is 20.8 Å². The van der Waals surface area contributed by atoms with Gasteiger partial charge in [-0.1, -0.05) is 13.8 Å². The number of nitrogens with one attached hydrogen (secondary N) is 1. The number of nitrogens with zero attached hydrogens (tertiary/aromatic N) is 1. The fourth-order valence-electron chi connectivity index (χ4n) is 2.86. The largest absolute Gasteiger partial charge is 0.444 e. The molecule has 1 saturated carbocycles. The third-order valence-electron chi connectivity index (χ3n) is 4.30. The zero-order valence-electron chi connectivity index (χ0n) is 14.7. The van der Waals surface area contributed by atoms with E-state index in [0.29, 0.717) is 12.6 Å². The van der Waals surface area contributed by atoms with Crippen molar-refractivity contribution in [3.8, 4) is 0 Å². The average Bonchev–Trinajstić information content (AvgIpc) is 2.37. The highest BCUT2D eigenvalue weighted by molar-refractivity contribution is 5.67. The topological polar surface area (TPSA) is 41.6 Å². The summed E-state index contributed by atoms with van der Waals surface area (Å²) < 4.78 is 5.34. The van der Waals surface area contributed by atoms with Crippen LogP contribution in [0.4, 0.5) is 4.79 Å². The van der Waals surface area contributed by atoms with E-state index in [4.69, 9.17) is 4.74 Å². The first-order valence-electron chi connectivity index (χ1n) is 8.36. The summed E-state index contributed by atoms with van der Waals surface area (Å²) in [5, 5.41) is 3.58. The first-order chi connectivity index (χ1) is 9.69. The van der Waals surface area contributed by atoms with Crippen LogP contribution in [-0.4, -0.2) is 42.8 Å². The summed E-state index contributed by atoms with van der Waals surface area (Å²) in [6.45, 7) is 11.9. The molecule has 0 saturated heterocycles. The van der Waals surface area contributed by atoms with Gasteiger partial charge in [-0.2, -0.15) is 0 Å². The number of ether oxygens (including phenoxy) is 1. The molecule has 1 aliphatic carbocycles. The van der Waals surface area contributed by atoms with Crippen LogP contribution in [0.5, 0.6) is 0 Å². The van der Waals surface area contributed by atoms with Gasteiger partial charge in [-0.25, -0.2) is 4.79 Å². The second-order valence-corrected chi connectivity index (χ2v) is 7.71. The Bertz CT molecular complexity index is 315. The van der Waals surface area contributed by atoms with Crippen molar-refractivity contribution < 1.29 is 9.53 Å². The molecule has 0 aliphatic heterocycles. The van der Waals surface area contributed by atoms with Gasteiger partial charge in [0.15, 0.2) is 0 Å². The second kappa shape index (κ2) is 8.02. The lowest BCUT2D eigenvalue weighted by atomic mass is 9.80. The van der Waals surface area contributed by atoms with Gasteiger partial charge in [-0.3, -0.25) is 0 Å². The van der Waals surface area contributed by atoms with Gasteiger partial charge in [0.1, 0.15) is 5.60 Å². The summed E-state index contributed by atoms with van der Waals surface area (Å²) in [7, 11) is 1.80. The number of hydrogen-bond donors (Lipinski definition) is 1. The van der Waals surface area contributed by atoms with E-state index in [0.717, 1.165) is 18.4 Å². The summed E-state index contributed by atoms with van der Waals surface area (Å²) in [5.74, 6) is 1.71. The zero-order valence-corrected chi connectivity index (χ0v) is 14.7. The van der Waals surface area contributed by atoms with E-state index >= 15 is 0 Å². The lowest BCUT2D eigenvalue weighted by molar-refractivity contribution is 0.0298. The number of likely N-dealkylation sites (N-methyl/N-ethyl adjacent to an activating group) is 1. The fourth-order valence-corrected chi connectivity index (χ4v) is 2.86. The van der Waals surface area contributed by atoms with Gasteiger partial charge in [-0.15, -0.1) is 0 Å². The lowest BCUT2D eigenvalue weighted by Gasteiger charge is -2.32. The van der Waals surface area contributed by atoms with Gasteiger partial charge in [0, 0.05) is 26.2 Å². The van der Waals surface area contributed by atoms with E-state index in [2.05, 4.69) is 19.2 Å². The van der Waals surface area contributed by atoms with Crippen molar-refractivity contribution in [2.75, 3.05) is 20.1 Å². The molecule has 0 atom stereocenters. The number of amides is 1. The van der Waals surface area contributed by atoms with Gasteiger partial charge in [0.25, 0.3) is 0 Å². The van der Waals surface area contributed by atoms with Crippen molar-refractivity contribution in [2.45, 2.75) is 71.9 Å². The summed E-state index contributed by atoms with van der Waals surface area (Å²) in [5.41, 5.74) is -0.423. The normalized spacial score (nSPS) is 23.2. The summed E-state index contributed by atoms with van der Waals surface area (Å²) in [6, 6.07) is 0.618. The molecule has 4 heteroatoms. The van der Waals surface area contributed by atoms with Gasteiger partial charge in [0.2, 0.25) is 0 Å². The van der Waals surface area contributed by atoms with Crippen LogP contribution in [0.15, 0.2) is 0 Å². The van der Waals surface area contributed by atoms with Crippen molar-refractivity contribution in [3.63, 3.8) is 0 Å². The molecule has 0 bridgehead atoms. The number of rotatable bonds is 5.